The summed E-state index contributed by atoms with van der Waals surface area (Å²) in [6.45, 7) is 0.774. The zero-order valence-electron chi connectivity index (χ0n) is 13.4. The SMILES string of the molecule is CN1C=CN(C(c2ccc3c(c2)CCC3)c2ccccc2F)C1. The van der Waals surface area contributed by atoms with Gasteiger partial charge in [0.05, 0.1) is 12.7 Å². The molecule has 0 radical (unpaired) electrons. The molecule has 1 heterocycles. The van der Waals surface area contributed by atoms with Crippen molar-refractivity contribution in [3.05, 3.63) is 82.9 Å². The van der Waals surface area contributed by atoms with Gasteiger partial charge in [-0.2, -0.15) is 0 Å². The van der Waals surface area contributed by atoms with E-state index in [1.54, 1.807) is 12.1 Å². The quantitative estimate of drug-likeness (QED) is 0.843. The van der Waals surface area contributed by atoms with Crippen LogP contribution >= 0.6 is 0 Å². The molecule has 1 aliphatic carbocycles. The Labute approximate surface area is 136 Å². The van der Waals surface area contributed by atoms with Crippen molar-refractivity contribution >= 4 is 0 Å². The van der Waals surface area contributed by atoms with Gasteiger partial charge in [0, 0.05) is 25.0 Å². The molecule has 0 aromatic heterocycles. The minimum atomic E-state index is -0.138. The number of hydrogen-bond acceptors (Lipinski definition) is 2. The molecule has 2 nitrogen and oxygen atoms in total. The number of aryl methyl sites for hydroxylation is 2. The number of rotatable bonds is 3. The lowest BCUT2D eigenvalue weighted by Gasteiger charge is -2.30. The first kappa shape index (κ1) is 14.3. The molecule has 1 unspecified atom stereocenters. The van der Waals surface area contributed by atoms with Crippen molar-refractivity contribution in [2.24, 2.45) is 0 Å². The van der Waals surface area contributed by atoms with E-state index in [9.17, 15) is 4.39 Å². The molecule has 4 rings (SSSR count). The summed E-state index contributed by atoms with van der Waals surface area (Å²) in [5, 5.41) is 0. The van der Waals surface area contributed by atoms with Crippen LogP contribution in [0.15, 0.2) is 54.9 Å². The fourth-order valence-corrected chi connectivity index (χ4v) is 3.73. The summed E-state index contributed by atoms with van der Waals surface area (Å²) < 4.78 is 14.5. The molecule has 2 aliphatic rings. The highest BCUT2D eigenvalue weighted by Crippen LogP contribution is 2.35. The van der Waals surface area contributed by atoms with Crippen LogP contribution in [0.25, 0.3) is 0 Å². The molecule has 23 heavy (non-hydrogen) atoms. The van der Waals surface area contributed by atoms with E-state index in [1.165, 1.54) is 29.5 Å². The summed E-state index contributed by atoms with van der Waals surface area (Å²) in [5.74, 6) is -0.138. The standard InChI is InChI=1S/C20H21FN2/c1-22-11-12-23(14-22)20(18-7-2-3-8-19(18)21)17-10-9-15-5-4-6-16(15)13-17/h2-3,7-13,20H,4-6,14H2,1H3. The van der Waals surface area contributed by atoms with E-state index in [0.717, 1.165) is 18.7 Å². The van der Waals surface area contributed by atoms with Gasteiger partial charge in [0.1, 0.15) is 5.82 Å². The largest absolute Gasteiger partial charge is 0.362 e. The Bertz CT molecular complexity index is 753. The molecule has 0 N–H and O–H groups in total. The fourth-order valence-electron chi connectivity index (χ4n) is 3.73. The first-order chi connectivity index (χ1) is 11.2. The van der Waals surface area contributed by atoms with Gasteiger partial charge in [-0.3, -0.25) is 0 Å². The molecule has 0 fully saturated rings. The lowest BCUT2D eigenvalue weighted by atomic mass is 9.94. The Balaban J connectivity index is 1.79. The molecule has 3 heteroatoms. The monoisotopic (exact) mass is 308 g/mol. The molecule has 1 aliphatic heterocycles. The second-order valence-corrected chi connectivity index (χ2v) is 6.52. The van der Waals surface area contributed by atoms with Crippen LogP contribution in [-0.2, 0) is 12.8 Å². The number of halogens is 1. The van der Waals surface area contributed by atoms with Crippen LogP contribution in [0.3, 0.4) is 0 Å². The van der Waals surface area contributed by atoms with E-state index in [1.807, 2.05) is 25.4 Å². The van der Waals surface area contributed by atoms with E-state index in [4.69, 9.17) is 0 Å². The molecule has 0 saturated heterocycles. The summed E-state index contributed by atoms with van der Waals surface area (Å²) in [4.78, 5) is 4.32. The molecule has 118 valence electrons. The van der Waals surface area contributed by atoms with Crippen LogP contribution in [0.5, 0.6) is 0 Å². The average molecular weight is 308 g/mol. The van der Waals surface area contributed by atoms with Gasteiger partial charge in [-0.05, 0) is 42.0 Å². The summed E-state index contributed by atoms with van der Waals surface area (Å²) in [6, 6.07) is 13.7. The molecule has 0 bridgehead atoms. The molecule has 1 atom stereocenters. The third-order valence-electron chi connectivity index (χ3n) is 4.87. The Hall–Kier alpha value is -2.29. The minimum absolute atomic E-state index is 0.0803. The molecular formula is C20H21FN2. The van der Waals surface area contributed by atoms with Crippen LogP contribution < -0.4 is 0 Å². The van der Waals surface area contributed by atoms with Crippen molar-refractivity contribution in [1.82, 2.24) is 9.80 Å². The highest BCUT2D eigenvalue weighted by Gasteiger charge is 2.26. The van der Waals surface area contributed by atoms with Crippen molar-refractivity contribution in [3.63, 3.8) is 0 Å². The van der Waals surface area contributed by atoms with Gasteiger partial charge in [0.2, 0.25) is 0 Å². The topological polar surface area (TPSA) is 6.48 Å². The van der Waals surface area contributed by atoms with E-state index < -0.39 is 0 Å². The zero-order valence-corrected chi connectivity index (χ0v) is 13.4. The fraction of sp³-hybridized carbons (Fsp3) is 0.300. The van der Waals surface area contributed by atoms with Gasteiger partial charge in [-0.15, -0.1) is 0 Å². The second kappa shape index (κ2) is 5.73. The van der Waals surface area contributed by atoms with Crippen LogP contribution in [0, 0.1) is 5.82 Å². The smallest absolute Gasteiger partial charge is 0.128 e. The summed E-state index contributed by atoms with van der Waals surface area (Å²) in [6.07, 6.45) is 7.65. The number of hydrogen-bond donors (Lipinski definition) is 0. The van der Waals surface area contributed by atoms with Crippen LogP contribution in [0.2, 0.25) is 0 Å². The Morgan fingerprint density at radius 3 is 2.61 bits per heavy atom. The van der Waals surface area contributed by atoms with Gasteiger partial charge in [0.25, 0.3) is 0 Å². The number of fused-ring (bicyclic) bond motifs is 1. The van der Waals surface area contributed by atoms with Crippen LogP contribution in [0.1, 0.15) is 34.7 Å². The molecule has 0 amide bonds. The first-order valence-corrected chi connectivity index (χ1v) is 8.23. The molecule has 0 saturated carbocycles. The highest BCUT2D eigenvalue weighted by molar-refractivity contribution is 5.41. The summed E-state index contributed by atoms with van der Waals surface area (Å²) in [5.41, 5.74) is 4.80. The Morgan fingerprint density at radius 1 is 1.00 bits per heavy atom. The lowest BCUT2D eigenvalue weighted by molar-refractivity contribution is 0.253. The normalized spacial score (nSPS) is 17.7. The first-order valence-electron chi connectivity index (χ1n) is 8.23. The molecule has 0 spiro atoms. The summed E-state index contributed by atoms with van der Waals surface area (Å²) in [7, 11) is 2.04. The maximum absolute atomic E-state index is 14.5. The molecule has 2 aromatic rings. The summed E-state index contributed by atoms with van der Waals surface area (Å²) >= 11 is 0. The van der Waals surface area contributed by atoms with Gasteiger partial charge < -0.3 is 9.80 Å². The zero-order chi connectivity index (χ0) is 15.8. The van der Waals surface area contributed by atoms with Crippen molar-refractivity contribution in [2.75, 3.05) is 13.7 Å². The van der Waals surface area contributed by atoms with Crippen molar-refractivity contribution in [1.29, 1.82) is 0 Å². The van der Waals surface area contributed by atoms with Gasteiger partial charge in [0.15, 0.2) is 0 Å². The molecule has 2 aromatic carbocycles. The molecular weight excluding hydrogens is 287 g/mol. The van der Waals surface area contributed by atoms with E-state index in [-0.39, 0.29) is 11.9 Å². The second-order valence-electron chi connectivity index (χ2n) is 6.52. The minimum Gasteiger partial charge on any atom is -0.362 e. The third kappa shape index (κ3) is 2.61. The van der Waals surface area contributed by atoms with E-state index >= 15 is 0 Å². The maximum Gasteiger partial charge on any atom is 0.128 e. The van der Waals surface area contributed by atoms with Crippen LogP contribution in [-0.4, -0.2) is 23.5 Å². The maximum atomic E-state index is 14.5. The highest BCUT2D eigenvalue weighted by atomic mass is 19.1. The Morgan fingerprint density at radius 2 is 1.83 bits per heavy atom. The van der Waals surface area contributed by atoms with Gasteiger partial charge >= 0.3 is 0 Å². The third-order valence-corrected chi connectivity index (χ3v) is 4.87. The van der Waals surface area contributed by atoms with Crippen molar-refractivity contribution in [2.45, 2.75) is 25.3 Å². The van der Waals surface area contributed by atoms with Gasteiger partial charge in [-0.1, -0.05) is 36.4 Å². The van der Waals surface area contributed by atoms with E-state index in [2.05, 4.69) is 34.2 Å². The van der Waals surface area contributed by atoms with Crippen molar-refractivity contribution < 1.29 is 4.39 Å². The number of benzene rings is 2. The number of nitrogens with zero attached hydrogens (tertiary/aromatic N) is 2. The van der Waals surface area contributed by atoms with Crippen LogP contribution in [0.4, 0.5) is 4.39 Å². The predicted octanol–water partition coefficient (Wildman–Crippen LogP) is 4.08. The Kier molecular flexibility index (Phi) is 3.56. The lowest BCUT2D eigenvalue weighted by Crippen LogP contribution is -2.28. The average Bonchev–Trinajstić information content (AvgIpc) is 3.18. The predicted molar refractivity (Wildman–Crippen MR) is 90.3 cm³/mol. The van der Waals surface area contributed by atoms with Gasteiger partial charge in [-0.25, -0.2) is 4.39 Å². The van der Waals surface area contributed by atoms with E-state index in [0.29, 0.717) is 0 Å². The van der Waals surface area contributed by atoms with Crippen molar-refractivity contribution in [3.8, 4) is 0 Å².